The van der Waals surface area contributed by atoms with Crippen LogP contribution in [0, 0.1) is 10.1 Å². The maximum absolute atomic E-state index is 12.5. The van der Waals surface area contributed by atoms with Crippen LogP contribution in [-0.4, -0.2) is 34.8 Å². The molecule has 2 amide bonds. The standard InChI is InChI=1S/C21H16N2O5/c24-20-17-10-9-15(23(26)27)13-18(17)21(25)22(20)11-4-12-28-19-8-3-6-14-5-1-2-7-16(14)19/h1-3,5-10,13H,4,11-12H2. The van der Waals surface area contributed by atoms with Crippen LogP contribution in [0.5, 0.6) is 5.75 Å². The Labute approximate surface area is 160 Å². The first-order chi connectivity index (χ1) is 13.6. The summed E-state index contributed by atoms with van der Waals surface area (Å²) < 4.78 is 5.84. The summed E-state index contributed by atoms with van der Waals surface area (Å²) in [6.45, 7) is 0.520. The number of imide groups is 1. The zero-order chi connectivity index (χ0) is 19.7. The van der Waals surface area contributed by atoms with Crippen molar-refractivity contribution in [3.63, 3.8) is 0 Å². The van der Waals surface area contributed by atoms with Gasteiger partial charge in [-0.1, -0.05) is 36.4 Å². The van der Waals surface area contributed by atoms with Crippen LogP contribution >= 0.6 is 0 Å². The van der Waals surface area contributed by atoms with E-state index in [9.17, 15) is 19.7 Å². The third-order valence-corrected chi connectivity index (χ3v) is 4.70. The number of hydrogen-bond donors (Lipinski definition) is 0. The van der Waals surface area contributed by atoms with Crippen LogP contribution in [-0.2, 0) is 0 Å². The molecule has 28 heavy (non-hydrogen) atoms. The molecule has 7 nitrogen and oxygen atoms in total. The van der Waals surface area contributed by atoms with E-state index in [1.54, 1.807) is 0 Å². The monoisotopic (exact) mass is 376 g/mol. The predicted octanol–water partition coefficient (Wildman–Crippen LogP) is 3.81. The molecule has 1 aliphatic rings. The number of rotatable bonds is 6. The van der Waals surface area contributed by atoms with E-state index in [1.165, 1.54) is 12.1 Å². The molecule has 0 saturated carbocycles. The molecule has 0 radical (unpaired) electrons. The van der Waals surface area contributed by atoms with E-state index in [0.29, 0.717) is 13.0 Å². The SMILES string of the molecule is O=C1c2ccc([N+](=O)[O-])cc2C(=O)N1CCCOc1cccc2ccccc12. The van der Waals surface area contributed by atoms with Crippen molar-refractivity contribution in [1.29, 1.82) is 0 Å². The van der Waals surface area contributed by atoms with Gasteiger partial charge in [-0.2, -0.15) is 0 Å². The minimum Gasteiger partial charge on any atom is -0.493 e. The van der Waals surface area contributed by atoms with E-state index < -0.39 is 16.7 Å². The largest absolute Gasteiger partial charge is 0.493 e. The highest BCUT2D eigenvalue weighted by molar-refractivity contribution is 6.21. The summed E-state index contributed by atoms with van der Waals surface area (Å²) in [6, 6.07) is 17.4. The second kappa shape index (κ2) is 7.11. The Balaban J connectivity index is 1.41. The van der Waals surface area contributed by atoms with Crippen molar-refractivity contribution in [2.24, 2.45) is 0 Å². The van der Waals surface area contributed by atoms with Gasteiger partial charge in [0, 0.05) is 24.1 Å². The number of carbonyl (C=O) groups excluding carboxylic acids is 2. The lowest BCUT2D eigenvalue weighted by atomic mass is 10.1. The molecule has 7 heteroatoms. The van der Waals surface area contributed by atoms with Gasteiger partial charge >= 0.3 is 0 Å². The number of amides is 2. The number of nitrogens with zero attached hydrogens (tertiary/aromatic N) is 2. The Hall–Kier alpha value is -3.74. The Morgan fingerprint density at radius 1 is 0.929 bits per heavy atom. The van der Waals surface area contributed by atoms with Gasteiger partial charge in [-0.15, -0.1) is 0 Å². The Morgan fingerprint density at radius 2 is 1.68 bits per heavy atom. The highest BCUT2D eigenvalue weighted by Gasteiger charge is 2.36. The number of non-ortho nitro benzene ring substituents is 1. The van der Waals surface area contributed by atoms with Crippen molar-refractivity contribution in [2.45, 2.75) is 6.42 Å². The van der Waals surface area contributed by atoms with Crippen molar-refractivity contribution in [2.75, 3.05) is 13.2 Å². The fraction of sp³-hybridized carbons (Fsp3) is 0.143. The van der Waals surface area contributed by atoms with Gasteiger partial charge in [0.2, 0.25) is 0 Å². The smallest absolute Gasteiger partial charge is 0.270 e. The summed E-state index contributed by atoms with van der Waals surface area (Å²) in [6.07, 6.45) is 0.455. The van der Waals surface area contributed by atoms with Gasteiger partial charge in [0.15, 0.2) is 0 Å². The van der Waals surface area contributed by atoms with Gasteiger partial charge in [-0.05, 0) is 23.9 Å². The maximum Gasteiger partial charge on any atom is 0.270 e. The van der Waals surface area contributed by atoms with Gasteiger partial charge in [0.1, 0.15) is 5.75 Å². The van der Waals surface area contributed by atoms with Crippen LogP contribution in [0.15, 0.2) is 60.7 Å². The van der Waals surface area contributed by atoms with Gasteiger partial charge in [-0.25, -0.2) is 0 Å². The minimum atomic E-state index is -0.585. The Morgan fingerprint density at radius 3 is 2.50 bits per heavy atom. The number of nitro benzene ring substituents is 1. The van der Waals surface area contributed by atoms with Crippen molar-refractivity contribution < 1.29 is 19.2 Å². The van der Waals surface area contributed by atoms with Crippen LogP contribution in [0.1, 0.15) is 27.1 Å². The maximum atomic E-state index is 12.5. The highest BCUT2D eigenvalue weighted by atomic mass is 16.6. The quantitative estimate of drug-likeness (QED) is 0.282. The number of fused-ring (bicyclic) bond motifs is 2. The molecule has 0 atom stereocenters. The lowest BCUT2D eigenvalue weighted by Crippen LogP contribution is -2.31. The molecule has 4 rings (SSSR count). The number of carbonyl (C=O) groups is 2. The zero-order valence-corrected chi connectivity index (χ0v) is 14.8. The van der Waals surface area contributed by atoms with Crippen molar-refractivity contribution >= 4 is 28.3 Å². The summed E-state index contributed by atoms with van der Waals surface area (Å²) >= 11 is 0. The number of ether oxygens (including phenoxy) is 1. The van der Waals surface area contributed by atoms with Gasteiger partial charge in [0.25, 0.3) is 17.5 Å². The second-order valence-corrected chi connectivity index (χ2v) is 6.43. The summed E-state index contributed by atoms with van der Waals surface area (Å²) in [5, 5.41) is 13.0. The predicted molar refractivity (Wildman–Crippen MR) is 103 cm³/mol. The van der Waals surface area contributed by atoms with E-state index in [2.05, 4.69) is 0 Å². The van der Waals surface area contributed by atoms with Gasteiger partial charge in [0.05, 0.1) is 22.7 Å². The molecule has 1 heterocycles. The van der Waals surface area contributed by atoms with E-state index in [4.69, 9.17) is 4.74 Å². The molecule has 0 N–H and O–H groups in total. The summed E-state index contributed by atoms with van der Waals surface area (Å²) in [5.41, 5.74) is 0.0702. The van der Waals surface area contributed by atoms with Crippen molar-refractivity contribution in [3.8, 4) is 5.75 Å². The third kappa shape index (κ3) is 3.07. The van der Waals surface area contributed by atoms with Crippen LogP contribution in [0.25, 0.3) is 10.8 Å². The fourth-order valence-corrected chi connectivity index (χ4v) is 3.32. The molecule has 0 bridgehead atoms. The topological polar surface area (TPSA) is 89.8 Å². The normalized spacial score (nSPS) is 13.1. The van der Waals surface area contributed by atoms with Gasteiger partial charge < -0.3 is 4.74 Å². The molecule has 0 unspecified atom stereocenters. The van der Waals surface area contributed by atoms with Crippen LogP contribution in [0.3, 0.4) is 0 Å². The molecule has 0 saturated heterocycles. The van der Waals surface area contributed by atoms with Crippen molar-refractivity contribution in [1.82, 2.24) is 4.90 Å². The summed E-state index contributed by atoms with van der Waals surface area (Å²) in [4.78, 5) is 36.3. The molecule has 140 valence electrons. The highest BCUT2D eigenvalue weighted by Crippen LogP contribution is 2.28. The molecule has 0 spiro atoms. The number of nitro groups is 1. The first-order valence-electron chi connectivity index (χ1n) is 8.81. The van der Waals surface area contributed by atoms with E-state index >= 15 is 0 Å². The first kappa shape index (κ1) is 17.7. The fourth-order valence-electron chi connectivity index (χ4n) is 3.32. The van der Waals surface area contributed by atoms with Crippen LogP contribution < -0.4 is 4.74 Å². The first-order valence-corrected chi connectivity index (χ1v) is 8.81. The lowest BCUT2D eigenvalue weighted by molar-refractivity contribution is -0.384. The molecule has 0 fully saturated rings. The molecule has 3 aromatic carbocycles. The summed E-state index contributed by atoms with van der Waals surface area (Å²) in [7, 11) is 0. The average molecular weight is 376 g/mol. The van der Waals surface area contributed by atoms with Crippen LogP contribution in [0.2, 0.25) is 0 Å². The zero-order valence-electron chi connectivity index (χ0n) is 14.8. The van der Waals surface area contributed by atoms with Gasteiger partial charge in [-0.3, -0.25) is 24.6 Å². The molecule has 3 aromatic rings. The second-order valence-electron chi connectivity index (χ2n) is 6.43. The number of hydrogen-bond acceptors (Lipinski definition) is 5. The average Bonchev–Trinajstić information content (AvgIpc) is 2.95. The molecular formula is C21H16N2O5. The molecule has 0 aromatic heterocycles. The third-order valence-electron chi connectivity index (χ3n) is 4.70. The molecule has 1 aliphatic heterocycles. The molecule has 0 aliphatic carbocycles. The minimum absolute atomic E-state index is 0.0779. The van der Waals surface area contributed by atoms with E-state index in [1.807, 2.05) is 42.5 Å². The molecular weight excluding hydrogens is 360 g/mol. The summed E-state index contributed by atoms with van der Waals surface area (Å²) in [5.74, 6) is -0.190. The van der Waals surface area contributed by atoms with E-state index in [0.717, 1.165) is 27.5 Å². The lowest BCUT2D eigenvalue weighted by Gasteiger charge is -2.14. The number of benzene rings is 3. The van der Waals surface area contributed by atoms with Crippen LogP contribution in [0.4, 0.5) is 5.69 Å². The Kier molecular flexibility index (Phi) is 4.49. The van der Waals surface area contributed by atoms with E-state index in [-0.39, 0.29) is 23.4 Å². The van der Waals surface area contributed by atoms with Crippen molar-refractivity contribution in [3.05, 3.63) is 81.9 Å². The Bertz CT molecular complexity index is 1100.